The van der Waals surface area contributed by atoms with Crippen LogP contribution in [0.2, 0.25) is 0 Å². The number of rotatable bonds is 6. The Balaban J connectivity index is 2.49. The molecule has 0 heterocycles. The molecule has 4 heteroatoms. The Morgan fingerprint density at radius 3 is 2.81 bits per heavy atom. The lowest BCUT2D eigenvalue weighted by Gasteiger charge is -2.09. The van der Waals surface area contributed by atoms with E-state index >= 15 is 0 Å². The molecule has 3 N–H and O–H groups in total. The van der Waals surface area contributed by atoms with E-state index in [1.165, 1.54) is 0 Å². The van der Waals surface area contributed by atoms with Crippen LogP contribution in [0.5, 0.6) is 0 Å². The largest absolute Gasteiger partial charge is 0.392 e. The van der Waals surface area contributed by atoms with Gasteiger partial charge in [0.2, 0.25) is 5.91 Å². The third kappa shape index (κ3) is 4.00. The van der Waals surface area contributed by atoms with Gasteiger partial charge in [-0.1, -0.05) is 25.1 Å². The predicted octanol–water partition coefficient (Wildman–Crippen LogP) is 1.12. The number of amides is 1. The first-order valence-corrected chi connectivity index (χ1v) is 5.47. The molecule has 0 aliphatic carbocycles. The summed E-state index contributed by atoms with van der Waals surface area (Å²) in [6.07, 6.45) is 1.00. The summed E-state index contributed by atoms with van der Waals surface area (Å²) in [6, 6.07) is 7.23. The van der Waals surface area contributed by atoms with E-state index in [2.05, 4.69) is 10.6 Å². The Morgan fingerprint density at radius 2 is 2.12 bits per heavy atom. The lowest BCUT2D eigenvalue weighted by Crippen LogP contribution is -2.28. The maximum atomic E-state index is 11.5. The van der Waals surface area contributed by atoms with Crippen molar-refractivity contribution in [3.63, 3.8) is 0 Å². The summed E-state index contributed by atoms with van der Waals surface area (Å²) in [7, 11) is 0. The summed E-state index contributed by atoms with van der Waals surface area (Å²) in [6.45, 7) is 3.10. The van der Waals surface area contributed by atoms with Crippen molar-refractivity contribution in [3.8, 4) is 0 Å². The first-order chi connectivity index (χ1) is 7.77. The third-order valence-corrected chi connectivity index (χ3v) is 2.17. The smallest absolute Gasteiger partial charge is 0.238 e. The lowest BCUT2D eigenvalue weighted by molar-refractivity contribution is -0.115. The van der Waals surface area contributed by atoms with E-state index < -0.39 is 0 Å². The number of carbonyl (C=O) groups is 1. The first kappa shape index (κ1) is 12.7. The van der Waals surface area contributed by atoms with Crippen LogP contribution in [0.3, 0.4) is 0 Å². The summed E-state index contributed by atoms with van der Waals surface area (Å²) in [5.74, 6) is -0.0886. The molecule has 0 bridgehead atoms. The number of para-hydroxylation sites is 1. The van der Waals surface area contributed by atoms with Gasteiger partial charge in [0.25, 0.3) is 0 Å². The van der Waals surface area contributed by atoms with Crippen LogP contribution in [0.25, 0.3) is 0 Å². The summed E-state index contributed by atoms with van der Waals surface area (Å²) < 4.78 is 0. The Labute approximate surface area is 95.7 Å². The molecule has 0 saturated carbocycles. The van der Waals surface area contributed by atoms with Crippen LogP contribution >= 0.6 is 0 Å². The summed E-state index contributed by atoms with van der Waals surface area (Å²) >= 11 is 0. The number of aliphatic hydroxyl groups is 1. The van der Waals surface area contributed by atoms with Crippen molar-refractivity contribution in [3.05, 3.63) is 29.8 Å². The van der Waals surface area contributed by atoms with Gasteiger partial charge in [-0.25, -0.2) is 0 Å². The molecule has 1 aromatic rings. The number of anilines is 1. The minimum atomic E-state index is -0.0886. The van der Waals surface area contributed by atoms with Crippen molar-refractivity contribution in [2.45, 2.75) is 20.0 Å². The van der Waals surface area contributed by atoms with Gasteiger partial charge < -0.3 is 15.7 Å². The molecule has 0 unspecified atom stereocenters. The number of hydrogen-bond acceptors (Lipinski definition) is 3. The second-order valence-corrected chi connectivity index (χ2v) is 3.54. The molecule has 1 amide bonds. The SMILES string of the molecule is CCCNCC(=O)Nc1ccccc1CO. The number of hydrogen-bond donors (Lipinski definition) is 3. The monoisotopic (exact) mass is 222 g/mol. The summed E-state index contributed by atoms with van der Waals surface area (Å²) in [5.41, 5.74) is 1.40. The Kier molecular flexibility index (Phi) is 5.53. The highest BCUT2D eigenvalue weighted by Crippen LogP contribution is 2.14. The molecule has 0 aromatic heterocycles. The predicted molar refractivity (Wildman–Crippen MR) is 64.2 cm³/mol. The summed E-state index contributed by atoms with van der Waals surface area (Å²) in [5, 5.41) is 14.9. The minimum absolute atomic E-state index is 0.0706. The van der Waals surface area contributed by atoms with E-state index in [9.17, 15) is 4.79 Å². The normalized spacial score (nSPS) is 10.1. The molecular weight excluding hydrogens is 204 g/mol. The first-order valence-electron chi connectivity index (χ1n) is 5.47. The number of carbonyl (C=O) groups excluding carboxylic acids is 1. The van der Waals surface area contributed by atoms with Crippen molar-refractivity contribution in [1.82, 2.24) is 5.32 Å². The van der Waals surface area contributed by atoms with Gasteiger partial charge in [0.1, 0.15) is 0 Å². The van der Waals surface area contributed by atoms with Gasteiger partial charge in [-0.15, -0.1) is 0 Å². The maximum absolute atomic E-state index is 11.5. The number of benzene rings is 1. The molecule has 0 atom stereocenters. The Bertz CT molecular complexity index is 340. The Hall–Kier alpha value is -1.39. The van der Waals surface area contributed by atoms with Gasteiger partial charge in [-0.05, 0) is 19.0 Å². The highest BCUT2D eigenvalue weighted by atomic mass is 16.3. The highest BCUT2D eigenvalue weighted by molar-refractivity contribution is 5.92. The molecule has 0 fully saturated rings. The van der Waals surface area contributed by atoms with Crippen LogP contribution in [-0.4, -0.2) is 24.1 Å². The van der Waals surface area contributed by atoms with E-state index in [0.717, 1.165) is 18.5 Å². The zero-order chi connectivity index (χ0) is 11.8. The van der Waals surface area contributed by atoms with Gasteiger partial charge >= 0.3 is 0 Å². The van der Waals surface area contributed by atoms with Gasteiger partial charge in [0.15, 0.2) is 0 Å². The molecule has 0 saturated heterocycles. The van der Waals surface area contributed by atoms with Crippen LogP contribution in [-0.2, 0) is 11.4 Å². The lowest BCUT2D eigenvalue weighted by atomic mass is 10.2. The minimum Gasteiger partial charge on any atom is -0.392 e. The van der Waals surface area contributed by atoms with Gasteiger partial charge in [-0.2, -0.15) is 0 Å². The van der Waals surface area contributed by atoms with E-state index in [0.29, 0.717) is 12.2 Å². The summed E-state index contributed by atoms with van der Waals surface area (Å²) in [4.78, 5) is 11.5. The molecule has 0 aliphatic heterocycles. The molecule has 88 valence electrons. The molecular formula is C12H18N2O2. The van der Waals surface area contributed by atoms with Gasteiger partial charge in [0.05, 0.1) is 13.2 Å². The molecule has 0 aliphatic rings. The third-order valence-electron chi connectivity index (χ3n) is 2.17. The van der Waals surface area contributed by atoms with Crippen molar-refractivity contribution >= 4 is 11.6 Å². The van der Waals surface area contributed by atoms with Crippen LogP contribution in [0.15, 0.2) is 24.3 Å². The van der Waals surface area contributed by atoms with E-state index in [4.69, 9.17) is 5.11 Å². The Morgan fingerprint density at radius 1 is 1.38 bits per heavy atom. The van der Waals surface area contributed by atoms with Crippen LogP contribution < -0.4 is 10.6 Å². The average molecular weight is 222 g/mol. The van der Waals surface area contributed by atoms with Crippen molar-refractivity contribution in [1.29, 1.82) is 0 Å². The number of aliphatic hydroxyl groups excluding tert-OH is 1. The molecule has 16 heavy (non-hydrogen) atoms. The number of nitrogens with one attached hydrogen (secondary N) is 2. The van der Waals surface area contributed by atoms with Gasteiger partial charge in [0, 0.05) is 11.3 Å². The van der Waals surface area contributed by atoms with Crippen LogP contribution in [0, 0.1) is 0 Å². The topological polar surface area (TPSA) is 61.4 Å². The molecule has 0 radical (unpaired) electrons. The zero-order valence-corrected chi connectivity index (χ0v) is 9.49. The van der Waals surface area contributed by atoms with Crippen molar-refractivity contribution in [2.75, 3.05) is 18.4 Å². The van der Waals surface area contributed by atoms with E-state index in [1.807, 2.05) is 19.1 Å². The van der Waals surface area contributed by atoms with Crippen molar-refractivity contribution < 1.29 is 9.90 Å². The highest BCUT2D eigenvalue weighted by Gasteiger charge is 2.04. The molecule has 1 rings (SSSR count). The molecule has 0 spiro atoms. The standard InChI is InChI=1S/C12H18N2O2/c1-2-7-13-8-12(16)14-11-6-4-3-5-10(11)9-15/h3-6,13,15H,2,7-9H2,1H3,(H,14,16). The zero-order valence-electron chi connectivity index (χ0n) is 9.49. The maximum Gasteiger partial charge on any atom is 0.238 e. The second kappa shape index (κ2) is 6.98. The quantitative estimate of drug-likeness (QED) is 0.632. The fourth-order valence-corrected chi connectivity index (χ4v) is 1.35. The fourth-order valence-electron chi connectivity index (χ4n) is 1.35. The molecule has 4 nitrogen and oxygen atoms in total. The van der Waals surface area contributed by atoms with Crippen LogP contribution in [0.4, 0.5) is 5.69 Å². The molecule has 1 aromatic carbocycles. The second-order valence-electron chi connectivity index (χ2n) is 3.54. The van der Waals surface area contributed by atoms with Gasteiger partial charge in [-0.3, -0.25) is 4.79 Å². The van der Waals surface area contributed by atoms with E-state index in [-0.39, 0.29) is 12.5 Å². The van der Waals surface area contributed by atoms with Crippen LogP contribution in [0.1, 0.15) is 18.9 Å². The van der Waals surface area contributed by atoms with E-state index in [1.54, 1.807) is 12.1 Å². The average Bonchev–Trinajstić information content (AvgIpc) is 2.30. The fraction of sp³-hybridized carbons (Fsp3) is 0.417. The van der Waals surface area contributed by atoms with Crippen molar-refractivity contribution in [2.24, 2.45) is 0 Å².